The highest BCUT2D eigenvalue weighted by molar-refractivity contribution is 6.51. The van der Waals surface area contributed by atoms with Crippen molar-refractivity contribution in [2.75, 3.05) is 0 Å². The number of nitrogens with one attached hydrogen (secondary N) is 2. The van der Waals surface area contributed by atoms with Crippen molar-refractivity contribution in [3.8, 4) is 0 Å². The minimum Gasteiger partial charge on any atom is -0.501 e. The van der Waals surface area contributed by atoms with Crippen LogP contribution in [0.3, 0.4) is 0 Å². The predicted octanol–water partition coefficient (Wildman–Crippen LogP) is 4.04. The topological polar surface area (TPSA) is 106 Å². The zero-order valence-corrected chi connectivity index (χ0v) is 14.5. The Bertz CT molecular complexity index is 1260. The van der Waals surface area contributed by atoms with Crippen molar-refractivity contribution in [2.45, 2.75) is 0 Å². The van der Waals surface area contributed by atoms with Crippen molar-refractivity contribution in [2.24, 2.45) is 0 Å². The molecule has 2 aromatic carbocycles. The van der Waals surface area contributed by atoms with Gasteiger partial charge in [0.05, 0.1) is 0 Å². The molecule has 2 aromatic heterocycles. The van der Waals surface area contributed by atoms with E-state index in [1.165, 1.54) is 0 Å². The summed E-state index contributed by atoms with van der Waals surface area (Å²) in [4.78, 5) is 32.1. The lowest BCUT2D eigenvalue weighted by Gasteiger charge is -2.18. The second-order valence-corrected chi connectivity index (χ2v) is 6.60. The van der Waals surface area contributed by atoms with Crippen LogP contribution in [0.15, 0.2) is 72.4 Å². The van der Waals surface area contributed by atoms with Gasteiger partial charge in [-0.1, -0.05) is 36.4 Å². The van der Waals surface area contributed by atoms with Crippen LogP contribution in [0.2, 0.25) is 0 Å². The van der Waals surface area contributed by atoms with E-state index in [-0.39, 0.29) is 11.1 Å². The summed E-state index contributed by atoms with van der Waals surface area (Å²) in [5, 5.41) is 21.7. The summed E-state index contributed by atoms with van der Waals surface area (Å²) >= 11 is 0. The van der Waals surface area contributed by atoms with Crippen molar-refractivity contribution >= 4 is 44.5 Å². The third-order valence-electron chi connectivity index (χ3n) is 5.08. The molecule has 6 nitrogen and oxygen atoms in total. The molecule has 0 aliphatic heterocycles. The number of rotatable bonds is 2. The van der Waals surface area contributed by atoms with E-state index in [4.69, 9.17) is 0 Å². The summed E-state index contributed by atoms with van der Waals surface area (Å²) in [5.41, 5.74) is 2.69. The first-order chi connectivity index (χ1) is 13.6. The number of hydrogen-bond donors (Lipinski definition) is 4. The molecule has 0 atom stereocenters. The Morgan fingerprint density at radius 3 is 1.43 bits per heavy atom. The number of aromatic nitrogens is 2. The third kappa shape index (κ3) is 2.08. The van der Waals surface area contributed by atoms with Gasteiger partial charge in [-0.3, -0.25) is 9.59 Å². The number of hydrogen-bond acceptors (Lipinski definition) is 4. The van der Waals surface area contributed by atoms with Crippen LogP contribution in [-0.2, 0) is 9.59 Å². The molecule has 0 radical (unpaired) electrons. The molecule has 0 saturated carbocycles. The Hall–Kier alpha value is -4.06. The second-order valence-electron chi connectivity index (χ2n) is 6.60. The van der Waals surface area contributed by atoms with Gasteiger partial charge in [-0.25, -0.2) is 0 Å². The minimum atomic E-state index is -0.936. The number of carbonyl (C=O) groups is 2. The average molecular weight is 370 g/mol. The van der Waals surface area contributed by atoms with E-state index in [1.54, 1.807) is 12.4 Å². The first kappa shape index (κ1) is 16.1. The number of aromatic amines is 2. The van der Waals surface area contributed by atoms with Crippen molar-refractivity contribution in [1.82, 2.24) is 9.97 Å². The Kier molecular flexibility index (Phi) is 3.30. The number of H-pyrrole nitrogens is 2. The average Bonchev–Trinajstić information content (AvgIpc) is 3.33. The molecule has 1 aliphatic carbocycles. The van der Waals surface area contributed by atoms with Gasteiger partial charge in [-0.15, -0.1) is 0 Å². The van der Waals surface area contributed by atoms with Gasteiger partial charge in [0, 0.05) is 56.5 Å². The molecule has 4 aromatic rings. The highest BCUT2D eigenvalue weighted by atomic mass is 16.3. The van der Waals surface area contributed by atoms with E-state index in [2.05, 4.69) is 9.97 Å². The largest absolute Gasteiger partial charge is 0.501 e. The maximum absolute atomic E-state index is 13.0. The summed E-state index contributed by atoms with van der Waals surface area (Å²) in [7, 11) is 0. The van der Waals surface area contributed by atoms with Crippen LogP contribution in [0.4, 0.5) is 0 Å². The van der Waals surface area contributed by atoms with Crippen molar-refractivity contribution < 1.29 is 19.8 Å². The van der Waals surface area contributed by atoms with E-state index < -0.39 is 23.1 Å². The molecule has 0 spiro atoms. The van der Waals surface area contributed by atoms with E-state index >= 15 is 0 Å². The van der Waals surface area contributed by atoms with Crippen LogP contribution < -0.4 is 0 Å². The Morgan fingerprint density at radius 2 is 1.00 bits per heavy atom. The molecule has 0 saturated heterocycles. The van der Waals surface area contributed by atoms with E-state index in [0.29, 0.717) is 11.1 Å². The Labute approximate surface area is 158 Å². The number of carbonyl (C=O) groups excluding carboxylic acids is 2. The molecule has 1 aliphatic rings. The zero-order chi connectivity index (χ0) is 19.4. The fourth-order valence-electron chi connectivity index (χ4n) is 3.75. The standard InChI is InChI=1S/C22H14N2O4/c25-19-17(13-9-23-15-7-3-1-5-11(13)15)18(20(26)22(28)21(19)27)14-10-24-16-8-4-2-6-12(14)16/h1-10,23-24,27-28H. The summed E-state index contributed by atoms with van der Waals surface area (Å²) in [6.45, 7) is 0. The first-order valence-corrected chi connectivity index (χ1v) is 8.66. The molecule has 2 heterocycles. The van der Waals surface area contributed by atoms with Gasteiger partial charge >= 0.3 is 0 Å². The van der Waals surface area contributed by atoms with Crippen LogP contribution in [0.5, 0.6) is 0 Å². The maximum atomic E-state index is 13.0. The van der Waals surface area contributed by atoms with Gasteiger partial charge in [0.2, 0.25) is 23.1 Å². The Morgan fingerprint density at radius 1 is 0.607 bits per heavy atom. The number of fused-ring (bicyclic) bond motifs is 2. The minimum absolute atomic E-state index is 0.0579. The number of aliphatic hydroxyl groups excluding tert-OH is 2. The van der Waals surface area contributed by atoms with Crippen LogP contribution >= 0.6 is 0 Å². The van der Waals surface area contributed by atoms with Gasteiger partial charge in [0.25, 0.3) is 0 Å². The molecule has 0 amide bonds. The second kappa shape index (κ2) is 5.72. The van der Waals surface area contributed by atoms with Gasteiger partial charge in [0.1, 0.15) is 0 Å². The van der Waals surface area contributed by atoms with Gasteiger partial charge < -0.3 is 20.2 Å². The lowest BCUT2D eigenvalue weighted by Crippen LogP contribution is -2.22. The van der Waals surface area contributed by atoms with Crippen molar-refractivity contribution in [1.29, 1.82) is 0 Å². The maximum Gasteiger partial charge on any atom is 0.232 e. The van der Waals surface area contributed by atoms with Gasteiger partial charge in [-0.2, -0.15) is 0 Å². The highest BCUT2D eigenvalue weighted by Crippen LogP contribution is 2.40. The SMILES string of the molecule is O=C1C(O)=C(O)C(=O)C(c2c[nH]c3ccccc23)=C1c1c[nH]c2ccccc12. The van der Waals surface area contributed by atoms with Gasteiger partial charge in [0.15, 0.2) is 0 Å². The molecule has 5 rings (SSSR count). The number of ketones is 2. The lowest BCUT2D eigenvalue weighted by molar-refractivity contribution is -0.117. The van der Waals surface area contributed by atoms with Gasteiger partial charge in [-0.05, 0) is 12.1 Å². The summed E-state index contributed by atoms with van der Waals surface area (Å²) < 4.78 is 0. The van der Waals surface area contributed by atoms with Crippen LogP contribution in [0.1, 0.15) is 11.1 Å². The number of allylic oxidation sites excluding steroid dienone is 2. The summed E-state index contributed by atoms with van der Waals surface area (Å²) in [6, 6.07) is 14.7. The molecular weight excluding hydrogens is 356 g/mol. The quantitative estimate of drug-likeness (QED) is 0.400. The van der Waals surface area contributed by atoms with Crippen LogP contribution in [-0.4, -0.2) is 31.7 Å². The van der Waals surface area contributed by atoms with Crippen molar-refractivity contribution in [3.05, 3.63) is 83.6 Å². The van der Waals surface area contributed by atoms with Crippen molar-refractivity contribution in [3.63, 3.8) is 0 Å². The fraction of sp³-hybridized carbons (Fsp3) is 0. The molecule has 0 unspecified atom stereocenters. The predicted molar refractivity (Wildman–Crippen MR) is 106 cm³/mol. The molecule has 4 N–H and O–H groups in total. The monoisotopic (exact) mass is 370 g/mol. The molecule has 0 fully saturated rings. The summed E-state index contributed by atoms with van der Waals surface area (Å²) in [5.74, 6) is -3.45. The molecule has 6 heteroatoms. The number of aliphatic hydroxyl groups is 2. The summed E-state index contributed by atoms with van der Waals surface area (Å²) in [6.07, 6.45) is 3.27. The molecule has 0 bridgehead atoms. The first-order valence-electron chi connectivity index (χ1n) is 8.66. The number of para-hydroxylation sites is 2. The Balaban J connectivity index is 1.90. The van der Waals surface area contributed by atoms with Crippen LogP contribution in [0, 0.1) is 0 Å². The zero-order valence-electron chi connectivity index (χ0n) is 14.5. The fourth-order valence-corrected chi connectivity index (χ4v) is 3.75. The molecule has 136 valence electrons. The lowest BCUT2D eigenvalue weighted by atomic mass is 9.84. The van der Waals surface area contributed by atoms with E-state index in [1.807, 2.05) is 48.5 Å². The smallest absolute Gasteiger partial charge is 0.232 e. The highest BCUT2D eigenvalue weighted by Gasteiger charge is 2.37. The molecule has 28 heavy (non-hydrogen) atoms. The third-order valence-corrected chi connectivity index (χ3v) is 5.08. The molecular formula is C22H14N2O4. The number of benzene rings is 2. The normalized spacial score (nSPS) is 15.3. The van der Waals surface area contributed by atoms with E-state index in [9.17, 15) is 19.8 Å². The number of Topliss-reactive ketones (excluding diaryl/α,β-unsaturated/α-hetero) is 2. The van der Waals surface area contributed by atoms with E-state index in [0.717, 1.165) is 21.8 Å². The van der Waals surface area contributed by atoms with Crippen LogP contribution in [0.25, 0.3) is 33.0 Å².